The van der Waals surface area contributed by atoms with E-state index in [9.17, 15) is 19.2 Å². The average molecular weight is 1680 g/mol. The Morgan fingerprint density at radius 3 is 1.27 bits per heavy atom. The molecule has 5 aliphatic rings. The van der Waals surface area contributed by atoms with Gasteiger partial charge in [-0.05, 0) is 224 Å². The Morgan fingerprint density at radius 2 is 0.832 bits per heavy atom. The molecule has 2 aromatic carbocycles. The van der Waals surface area contributed by atoms with E-state index in [0.717, 1.165) is 199 Å². The van der Waals surface area contributed by atoms with Crippen molar-refractivity contribution in [3.05, 3.63) is 235 Å². The zero-order valence-electron chi connectivity index (χ0n) is 72.7. The smallest absolute Gasteiger partial charge is 0.258 e. The van der Waals surface area contributed by atoms with Crippen molar-refractivity contribution in [1.82, 2.24) is 116 Å². The fourth-order valence-corrected chi connectivity index (χ4v) is 18.8. The number of aliphatic hydroxyl groups excluding tert-OH is 1. The maximum Gasteiger partial charge on any atom is 0.258 e. The van der Waals surface area contributed by atoms with E-state index in [1.54, 1.807) is 68.1 Å². The first-order chi connectivity index (χ1) is 60.6. The van der Waals surface area contributed by atoms with Crippen molar-refractivity contribution in [2.45, 2.75) is 111 Å². The fourth-order valence-electron chi connectivity index (χ4n) is 18.8. The van der Waals surface area contributed by atoms with Crippen molar-refractivity contribution in [1.29, 1.82) is 0 Å². The monoisotopic (exact) mass is 1680 g/mol. The number of hydrogen-bond donors (Lipinski definition) is 1. The van der Waals surface area contributed by atoms with Crippen molar-refractivity contribution < 1.29 is 5.11 Å². The first kappa shape index (κ1) is 83.2. The highest BCUT2D eigenvalue weighted by Crippen LogP contribution is 2.33. The number of fused-ring (bicyclic) bond motifs is 8. The van der Waals surface area contributed by atoms with Crippen LogP contribution in [-0.4, -0.2) is 233 Å². The summed E-state index contributed by atoms with van der Waals surface area (Å²) < 4.78 is 13.7. The van der Waals surface area contributed by atoms with Crippen molar-refractivity contribution in [3.8, 4) is 45.3 Å². The molecule has 644 valence electrons. The highest BCUT2D eigenvalue weighted by atomic mass is 16.3. The number of anilines is 2. The van der Waals surface area contributed by atoms with Crippen LogP contribution in [0.3, 0.4) is 0 Å². The molecule has 0 spiro atoms. The summed E-state index contributed by atoms with van der Waals surface area (Å²) >= 11 is 0. The number of hydrogen-bond acceptors (Lipinski definition) is 23. The number of aryl methyl sites for hydroxylation is 6. The molecule has 0 radical (unpaired) electrons. The predicted molar refractivity (Wildman–Crippen MR) is 487 cm³/mol. The highest BCUT2D eigenvalue weighted by molar-refractivity contribution is 5.85. The van der Waals surface area contributed by atoms with Crippen LogP contribution >= 0.6 is 0 Å². The van der Waals surface area contributed by atoms with E-state index >= 15 is 0 Å². The molecule has 14 aromatic heterocycles. The molecule has 0 bridgehead atoms. The second-order valence-corrected chi connectivity index (χ2v) is 34.7. The van der Waals surface area contributed by atoms with E-state index in [1.807, 2.05) is 157 Å². The normalized spacial score (nSPS) is 16.3. The largest absolute Gasteiger partial charge is 0.395 e. The number of likely N-dealkylation sites (tertiary alicyclic amines) is 3. The second-order valence-electron chi connectivity index (χ2n) is 34.7. The van der Waals surface area contributed by atoms with Gasteiger partial charge in [-0.1, -0.05) is 19.1 Å². The van der Waals surface area contributed by atoms with Crippen LogP contribution in [-0.2, 0) is 14.1 Å². The van der Waals surface area contributed by atoms with Gasteiger partial charge in [0, 0.05) is 155 Å². The molecule has 5 aliphatic heterocycles. The van der Waals surface area contributed by atoms with Crippen molar-refractivity contribution >= 4 is 66.8 Å². The minimum atomic E-state index is -0.109. The summed E-state index contributed by atoms with van der Waals surface area (Å²) in [6.45, 7) is 25.1. The van der Waals surface area contributed by atoms with Gasteiger partial charge in [0.05, 0.1) is 122 Å². The second kappa shape index (κ2) is 35.9. The Balaban J connectivity index is 0.000000113. The first-order valence-electron chi connectivity index (χ1n) is 44.0. The van der Waals surface area contributed by atoms with Gasteiger partial charge < -0.3 is 34.5 Å². The third-order valence-electron chi connectivity index (χ3n) is 25.5. The van der Waals surface area contributed by atoms with E-state index < -0.39 is 0 Å². The molecule has 5 saturated heterocycles. The SMILES string of the molecule is CCN1CCC(c2cn3c(=O)cc(-c4ccc5nn(C)cc5c4)nc3cn2)CC1.Cc1cn2nc(-c3cc(=O)n4cc(N5CCC(CN(C)C)CC5)ccc4n3)cc2c(C)n1.Cc1cn2nc(-c3cc(=O)n4cc(N5CCC(CN6CCCC6)CC5)ccc4n3)cc2c(C)n1.Cn1cc2cc(-c3cc(=O)n4cc(C5CCN(CCO)CC5)ncc4n3)ccc2n1. The molecule has 0 aliphatic carbocycles. The van der Waals surface area contributed by atoms with Crippen LogP contribution in [0.15, 0.2) is 178 Å². The highest BCUT2D eigenvalue weighted by Gasteiger charge is 2.28. The summed E-state index contributed by atoms with van der Waals surface area (Å²) in [5.74, 6) is 2.25. The zero-order chi connectivity index (χ0) is 86.3. The van der Waals surface area contributed by atoms with Gasteiger partial charge in [0.2, 0.25) is 0 Å². The number of aliphatic hydroxyl groups is 1. The van der Waals surface area contributed by atoms with Gasteiger partial charge in [-0.2, -0.15) is 20.4 Å². The predicted octanol–water partition coefficient (Wildman–Crippen LogP) is 10.8. The summed E-state index contributed by atoms with van der Waals surface area (Å²) in [5.41, 5.74) is 19.0. The summed E-state index contributed by atoms with van der Waals surface area (Å²) in [4.78, 5) is 103. The van der Waals surface area contributed by atoms with Gasteiger partial charge in [0.15, 0.2) is 11.3 Å². The van der Waals surface area contributed by atoms with E-state index in [4.69, 9.17) is 20.1 Å². The van der Waals surface area contributed by atoms with Crippen LogP contribution in [0.1, 0.15) is 117 Å². The molecule has 16 aromatic rings. The number of rotatable bonds is 15. The lowest BCUT2D eigenvalue weighted by atomic mass is 9.94. The first-order valence-corrected chi connectivity index (χ1v) is 44.0. The molecule has 5 fully saturated rings. The van der Waals surface area contributed by atoms with Gasteiger partial charge in [0.1, 0.15) is 22.7 Å². The number of nitrogens with zero attached hydrogens (tertiary/aromatic N) is 26. The molecule has 0 saturated carbocycles. The maximum atomic E-state index is 13.0. The van der Waals surface area contributed by atoms with Gasteiger partial charge in [-0.15, -0.1) is 0 Å². The van der Waals surface area contributed by atoms with E-state index in [1.165, 1.54) is 58.2 Å². The zero-order valence-corrected chi connectivity index (χ0v) is 72.7. The summed E-state index contributed by atoms with van der Waals surface area (Å²) in [6, 6.07) is 30.1. The Morgan fingerprint density at radius 1 is 0.408 bits per heavy atom. The minimum Gasteiger partial charge on any atom is -0.395 e. The summed E-state index contributed by atoms with van der Waals surface area (Å²) in [5, 5.41) is 29.2. The summed E-state index contributed by atoms with van der Waals surface area (Å²) in [6.07, 6.45) is 30.3. The van der Waals surface area contributed by atoms with Crippen LogP contribution < -0.4 is 32.0 Å². The van der Waals surface area contributed by atoms with Crippen molar-refractivity contribution in [2.75, 3.05) is 122 Å². The average Bonchev–Trinajstić information content (AvgIpc) is 1.69. The number of pyridine rings is 2. The molecule has 0 atom stereocenters. The molecule has 31 heteroatoms. The lowest BCUT2D eigenvalue weighted by Gasteiger charge is -2.35. The van der Waals surface area contributed by atoms with Crippen LogP contribution in [0, 0.1) is 39.5 Å². The van der Waals surface area contributed by atoms with Crippen LogP contribution in [0.2, 0.25) is 0 Å². The molecule has 125 heavy (non-hydrogen) atoms. The molecule has 19 heterocycles. The van der Waals surface area contributed by atoms with Crippen LogP contribution in [0.25, 0.3) is 101 Å². The minimum absolute atomic E-state index is 0.0778. The molecule has 1 N–H and O–H groups in total. The third kappa shape index (κ3) is 18.3. The lowest BCUT2D eigenvalue weighted by Crippen LogP contribution is -2.38. The topological polar surface area (TPSA) is 299 Å². The standard InChI is InChI=1S/C26H31N7O.C24H29N7O.C22H24N6O2.C22H24N6O/c1-18-15-33-24(19(2)27-18)13-23(29-33)22-14-26(34)32-17-21(5-6-25(32)28-22)31-11-7-20(8-12-31)16-30-9-3-4-10-30;1-16-13-31-22(17(2)25-16)11-21(27-31)20-12-24(32)30-15-19(5-6-23(30)26-20)29-9-7-18(8-10-29)14-28(3)4;1-26-13-17-10-16(2-3-18(17)25-26)19-11-22(30)28-14-20(23-12-21(28)24-19)15-4-6-27(7-5-15)8-9-29;1-3-27-8-6-15(7-9-27)20-14-28-21(12-23-20)24-19(11-22(28)29)16-4-5-18-17(10-16)13-26(2)25-18/h5-6,13-15,17,20H,3-4,7-12,16H2,1-2H3;5-6,11-13,15,18H,7-10,14H2,1-4H3;2-3,10-15,29H,4-9H2,1H3;4-5,10-15H,3,6-9H2,1-2H3. The van der Waals surface area contributed by atoms with Gasteiger partial charge in [-0.3, -0.25) is 66.1 Å². The molecule has 0 unspecified atom stereocenters. The Bertz CT molecular complexity index is 6920. The van der Waals surface area contributed by atoms with Crippen molar-refractivity contribution in [2.24, 2.45) is 25.9 Å². The molecule has 31 nitrogen and oxygen atoms in total. The van der Waals surface area contributed by atoms with Crippen molar-refractivity contribution in [3.63, 3.8) is 0 Å². The van der Waals surface area contributed by atoms with Gasteiger partial charge in [-0.25, -0.2) is 29.0 Å². The maximum absolute atomic E-state index is 13.0. The van der Waals surface area contributed by atoms with Gasteiger partial charge >= 0.3 is 0 Å². The summed E-state index contributed by atoms with van der Waals surface area (Å²) in [7, 11) is 8.05. The molecular formula is C94H108N26O5. The number of β-amino-alcohol motifs (C(OH)–C–C–N with tert-alkyl or cyclic N) is 1. The Kier molecular flexibility index (Phi) is 23.9. The molecular weight excluding hydrogens is 1570 g/mol. The van der Waals surface area contributed by atoms with Crippen LogP contribution in [0.5, 0.6) is 0 Å². The molecule has 21 rings (SSSR count). The Hall–Kier alpha value is -12.7. The van der Waals surface area contributed by atoms with E-state index in [-0.39, 0.29) is 28.8 Å². The van der Waals surface area contributed by atoms with E-state index in [2.05, 4.69) is 108 Å². The fraction of sp³-hybridized carbons (Fsp3) is 0.404. The number of piperidine rings is 4. The van der Waals surface area contributed by atoms with Crippen LogP contribution in [0.4, 0.5) is 11.4 Å². The van der Waals surface area contributed by atoms with E-state index in [0.29, 0.717) is 68.6 Å². The lowest BCUT2D eigenvalue weighted by molar-refractivity contribution is 0.163. The quantitative estimate of drug-likeness (QED) is 0.0997. The molecule has 0 amide bonds. The number of benzene rings is 2. The Labute approximate surface area is 722 Å². The third-order valence-corrected chi connectivity index (χ3v) is 25.5. The van der Waals surface area contributed by atoms with Gasteiger partial charge in [0.25, 0.3) is 22.2 Å². The number of aromatic nitrogens is 20.